The highest BCUT2D eigenvalue weighted by Gasteiger charge is 2.15. The van der Waals surface area contributed by atoms with E-state index in [4.69, 9.17) is 0 Å². The van der Waals surface area contributed by atoms with E-state index >= 15 is 0 Å². The van der Waals surface area contributed by atoms with Crippen LogP contribution in [0.3, 0.4) is 0 Å². The van der Waals surface area contributed by atoms with Crippen LogP contribution in [0.15, 0.2) is 25.0 Å². The summed E-state index contributed by atoms with van der Waals surface area (Å²) >= 11 is 0. The first-order valence-corrected chi connectivity index (χ1v) is 5.92. The van der Waals surface area contributed by atoms with E-state index in [0.29, 0.717) is 12.2 Å². The zero-order valence-electron chi connectivity index (χ0n) is 10.7. The molecule has 98 valence electrons. The second kappa shape index (κ2) is 4.13. The van der Waals surface area contributed by atoms with Gasteiger partial charge in [0.2, 0.25) is 0 Å². The molecule has 0 unspecified atom stereocenters. The molecule has 0 amide bonds. The molecule has 3 rings (SSSR count). The number of nitrogens with one attached hydrogen (secondary N) is 1. The van der Waals surface area contributed by atoms with Gasteiger partial charge in [-0.05, 0) is 13.8 Å². The average Bonchev–Trinajstić information content (AvgIpc) is 2.94. The summed E-state index contributed by atoms with van der Waals surface area (Å²) in [4.78, 5) is 15.5. The number of aromatic amines is 1. The van der Waals surface area contributed by atoms with Crippen molar-refractivity contribution in [3.8, 4) is 11.3 Å². The number of nitrogens with zero attached hydrogens (tertiary/aromatic N) is 5. The van der Waals surface area contributed by atoms with Crippen LogP contribution >= 0.6 is 0 Å². The van der Waals surface area contributed by atoms with E-state index in [1.807, 2.05) is 6.20 Å². The third kappa shape index (κ3) is 2.32. The Morgan fingerprint density at radius 3 is 2.95 bits per heavy atom. The molecule has 0 aliphatic rings. The van der Waals surface area contributed by atoms with Crippen molar-refractivity contribution in [2.24, 2.45) is 0 Å². The standard InChI is InChI=1S/C12H14N6O/c1-12(2,19)5-18-4-8(3-17-18)9-10-11(15-6-13-9)16-7-14-10/h3-4,6-7,19H,5H2,1-2H3,(H,13,14,15,16). The van der Waals surface area contributed by atoms with Gasteiger partial charge < -0.3 is 10.1 Å². The van der Waals surface area contributed by atoms with Gasteiger partial charge in [0.25, 0.3) is 0 Å². The van der Waals surface area contributed by atoms with Crippen LogP contribution in [-0.4, -0.2) is 40.4 Å². The number of hydrogen-bond donors (Lipinski definition) is 2. The van der Waals surface area contributed by atoms with E-state index in [1.54, 1.807) is 31.1 Å². The van der Waals surface area contributed by atoms with Crippen LogP contribution < -0.4 is 0 Å². The first kappa shape index (κ1) is 11.8. The number of fused-ring (bicyclic) bond motifs is 1. The van der Waals surface area contributed by atoms with Crippen LogP contribution in [0.1, 0.15) is 13.8 Å². The van der Waals surface area contributed by atoms with Crippen LogP contribution in [-0.2, 0) is 6.54 Å². The average molecular weight is 258 g/mol. The maximum atomic E-state index is 9.79. The van der Waals surface area contributed by atoms with E-state index in [-0.39, 0.29) is 0 Å². The molecular weight excluding hydrogens is 244 g/mol. The molecule has 0 atom stereocenters. The summed E-state index contributed by atoms with van der Waals surface area (Å²) in [6.45, 7) is 3.91. The molecule has 0 fully saturated rings. The highest BCUT2D eigenvalue weighted by molar-refractivity contribution is 5.86. The van der Waals surface area contributed by atoms with E-state index in [0.717, 1.165) is 16.8 Å². The van der Waals surface area contributed by atoms with Gasteiger partial charge in [-0.25, -0.2) is 15.0 Å². The highest BCUT2D eigenvalue weighted by atomic mass is 16.3. The van der Waals surface area contributed by atoms with Crippen molar-refractivity contribution < 1.29 is 5.11 Å². The summed E-state index contributed by atoms with van der Waals surface area (Å²) in [6.07, 6.45) is 6.63. The van der Waals surface area contributed by atoms with Crippen LogP contribution in [0.2, 0.25) is 0 Å². The third-order valence-corrected chi connectivity index (χ3v) is 2.68. The normalized spacial score (nSPS) is 12.2. The largest absolute Gasteiger partial charge is 0.389 e. The SMILES string of the molecule is CC(C)(O)Cn1cc(-c2ncnc3nc[nH]c23)cn1. The van der Waals surface area contributed by atoms with Crippen molar-refractivity contribution in [2.75, 3.05) is 0 Å². The molecule has 0 aliphatic carbocycles. The fraction of sp³-hybridized carbons (Fsp3) is 0.333. The number of rotatable bonds is 3. The zero-order valence-corrected chi connectivity index (χ0v) is 10.7. The van der Waals surface area contributed by atoms with Gasteiger partial charge in [-0.15, -0.1) is 0 Å². The fourth-order valence-corrected chi connectivity index (χ4v) is 1.95. The second-order valence-electron chi connectivity index (χ2n) is 5.06. The van der Waals surface area contributed by atoms with Crippen molar-refractivity contribution in [3.05, 3.63) is 25.0 Å². The monoisotopic (exact) mass is 258 g/mol. The summed E-state index contributed by atoms with van der Waals surface area (Å²) in [6, 6.07) is 0. The molecule has 0 bridgehead atoms. The molecule has 7 heteroatoms. The molecule has 0 aliphatic heterocycles. The first-order valence-electron chi connectivity index (χ1n) is 5.92. The molecule has 0 radical (unpaired) electrons. The van der Waals surface area contributed by atoms with Crippen molar-refractivity contribution in [3.63, 3.8) is 0 Å². The zero-order chi connectivity index (χ0) is 13.5. The molecule has 3 aromatic heterocycles. The lowest BCUT2D eigenvalue weighted by molar-refractivity contribution is 0.0577. The number of aromatic nitrogens is 6. The minimum absolute atomic E-state index is 0.421. The van der Waals surface area contributed by atoms with Gasteiger partial charge in [0.1, 0.15) is 17.5 Å². The summed E-state index contributed by atoms with van der Waals surface area (Å²) in [5.41, 5.74) is 2.22. The Kier molecular flexibility index (Phi) is 2.56. The molecule has 0 saturated heterocycles. The maximum Gasteiger partial charge on any atom is 0.181 e. The summed E-state index contributed by atoms with van der Waals surface area (Å²) < 4.78 is 1.69. The smallest absolute Gasteiger partial charge is 0.181 e. The lowest BCUT2D eigenvalue weighted by atomic mass is 10.1. The Labute approximate surface area is 109 Å². The van der Waals surface area contributed by atoms with Gasteiger partial charge in [-0.1, -0.05) is 0 Å². The van der Waals surface area contributed by atoms with Crippen molar-refractivity contribution in [2.45, 2.75) is 26.0 Å². The third-order valence-electron chi connectivity index (χ3n) is 2.68. The molecular formula is C12H14N6O. The second-order valence-corrected chi connectivity index (χ2v) is 5.06. The Morgan fingerprint density at radius 1 is 1.32 bits per heavy atom. The Bertz CT molecular complexity index is 708. The number of aliphatic hydroxyl groups is 1. The van der Waals surface area contributed by atoms with Gasteiger partial charge in [-0.2, -0.15) is 5.10 Å². The minimum Gasteiger partial charge on any atom is -0.389 e. The van der Waals surface area contributed by atoms with Gasteiger partial charge in [-0.3, -0.25) is 4.68 Å². The van der Waals surface area contributed by atoms with E-state index in [1.165, 1.54) is 6.33 Å². The Morgan fingerprint density at radius 2 is 2.16 bits per heavy atom. The first-order chi connectivity index (χ1) is 9.03. The van der Waals surface area contributed by atoms with Crippen LogP contribution in [0, 0.1) is 0 Å². The van der Waals surface area contributed by atoms with Crippen LogP contribution in [0.5, 0.6) is 0 Å². The van der Waals surface area contributed by atoms with E-state index in [2.05, 4.69) is 25.0 Å². The summed E-state index contributed by atoms with van der Waals surface area (Å²) in [5, 5.41) is 14.0. The van der Waals surface area contributed by atoms with Gasteiger partial charge in [0, 0.05) is 11.8 Å². The molecule has 0 spiro atoms. The molecule has 2 N–H and O–H groups in total. The predicted octanol–water partition coefficient (Wildman–Crippen LogP) is 0.987. The summed E-state index contributed by atoms with van der Waals surface area (Å²) in [7, 11) is 0. The minimum atomic E-state index is -0.807. The van der Waals surface area contributed by atoms with Crippen molar-refractivity contribution >= 4 is 11.2 Å². The van der Waals surface area contributed by atoms with Gasteiger partial charge in [0.05, 0.1) is 24.7 Å². The van der Waals surface area contributed by atoms with E-state index < -0.39 is 5.60 Å². The number of hydrogen-bond acceptors (Lipinski definition) is 5. The molecule has 0 saturated carbocycles. The maximum absolute atomic E-state index is 9.79. The van der Waals surface area contributed by atoms with Crippen LogP contribution in [0.4, 0.5) is 0 Å². The number of H-pyrrole nitrogens is 1. The summed E-state index contributed by atoms with van der Waals surface area (Å²) in [5.74, 6) is 0. The highest BCUT2D eigenvalue weighted by Crippen LogP contribution is 2.22. The lowest BCUT2D eigenvalue weighted by Gasteiger charge is -2.16. The molecule has 3 heterocycles. The fourth-order valence-electron chi connectivity index (χ4n) is 1.95. The van der Waals surface area contributed by atoms with Gasteiger partial charge >= 0.3 is 0 Å². The predicted molar refractivity (Wildman–Crippen MR) is 69.2 cm³/mol. The quantitative estimate of drug-likeness (QED) is 0.730. The van der Waals surface area contributed by atoms with Crippen LogP contribution in [0.25, 0.3) is 22.4 Å². The molecule has 0 aromatic carbocycles. The Balaban J connectivity index is 2.01. The number of imidazole rings is 1. The van der Waals surface area contributed by atoms with Crippen molar-refractivity contribution in [1.82, 2.24) is 29.7 Å². The molecule has 19 heavy (non-hydrogen) atoms. The molecule has 7 nitrogen and oxygen atoms in total. The topological polar surface area (TPSA) is 92.5 Å². The Hall–Kier alpha value is -2.28. The lowest BCUT2D eigenvalue weighted by Crippen LogP contribution is -2.26. The molecule has 3 aromatic rings. The van der Waals surface area contributed by atoms with E-state index in [9.17, 15) is 5.11 Å². The van der Waals surface area contributed by atoms with Crippen molar-refractivity contribution in [1.29, 1.82) is 0 Å². The van der Waals surface area contributed by atoms with Gasteiger partial charge in [0.15, 0.2) is 5.65 Å².